The third-order valence-corrected chi connectivity index (χ3v) is 4.77. The fraction of sp³-hybridized carbons (Fsp3) is 0.450. The number of aryl methyl sites for hydroxylation is 1. The van der Waals surface area contributed by atoms with E-state index >= 15 is 0 Å². The van der Waals surface area contributed by atoms with Crippen molar-refractivity contribution in [3.8, 4) is 17.4 Å². The predicted molar refractivity (Wildman–Crippen MR) is 103 cm³/mol. The lowest BCUT2D eigenvalue weighted by molar-refractivity contribution is 0.0746. The van der Waals surface area contributed by atoms with E-state index in [1.165, 1.54) is 0 Å². The lowest BCUT2D eigenvalue weighted by Crippen LogP contribution is -2.49. The number of rotatable bonds is 5. The van der Waals surface area contributed by atoms with E-state index < -0.39 is 0 Å². The third kappa shape index (κ3) is 3.81. The number of aromatic nitrogens is 2. The van der Waals surface area contributed by atoms with Crippen molar-refractivity contribution in [3.05, 3.63) is 35.7 Å². The summed E-state index contributed by atoms with van der Waals surface area (Å²) in [6.07, 6.45) is 0.930. The van der Waals surface area contributed by atoms with E-state index in [1.807, 2.05) is 17.9 Å². The maximum Gasteiger partial charge on any atom is 0.254 e. The van der Waals surface area contributed by atoms with Crippen LogP contribution in [0.2, 0.25) is 0 Å². The highest BCUT2D eigenvalue weighted by molar-refractivity contribution is 5.95. The minimum Gasteiger partial charge on any atom is -0.478 e. The summed E-state index contributed by atoms with van der Waals surface area (Å²) in [5.74, 6) is 3.44. The molecule has 0 atom stereocenters. The highest BCUT2D eigenvalue weighted by Crippen LogP contribution is 2.33. The number of amides is 1. The van der Waals surface area contributed by atoms with Gasteiger partial charge in [0.1, 0.15) is 11.6 Å². The molecule has 1 saturated heterocycles. The number of hydrogen-bond acceptors (Lipinski definition) is 7. The molecule has 2 aliphatic heterocycles. The van der Waals surface area contributed by atoms with Crippen LogP contribution in [0.25, 0.3) is 0 Å². The second-order valence-electron chi connectivity index (χ2n) is 6.81. The number of carbonyl (C=O) groups is 1. The summed E-state index contributed by atoms with van der Waals surface area (Å²) in [6.45, 7) is 7.43. The predicted octanol–water partition coefficient (Wildman–Crippen LogP) is 2.26. The van der Waals surface area contributed by atoms with E-state index in [1.54, 1.807) is 18.2 Å². The number of fused-ring (bicyclic) bond motifs is 1. The number of piperazine rings is 1. The maximum absolute atomic E-state index is 12.8. The van der Waals surface area contributed by atoms with Crippen molar-refractivity contribution < 1.29 is 19.0 Å². The molecule has 1 aromatic heterocycles. The number of carbonyl (C=O) groups excluding carboxylic acids is 1. The fourth-order valence-electron chi connectivity index (χ4n) is 3.32. The Morgan fingerprint density at radius 3 is 2.68 bits per heavy atom. The van der Waals surface area contributed by atoms with Crippen molar-refractivity contribution in [1.82, 2.24) is 14.9 Å². The Hall–Kier alpha value is -3.03. The first-order valence-electron chi connectivity index (χ1n) is 9.56. The summed E-state index contributed by atoms with van der Waals surface area (Å²) in [5.41, 5.74) is 0.617. The van der Waals surface area contributed by atoms with E-state index in [0.29, 0.717) is 61.6 Å². The summed E-state index contributed by atoms with van der Waals surface area (Å²) >= 11 is 0. The van der Waals surface area contributed by atoms with Gasteiger partial charge in [-0.1, -0.05) is 6.92 Å². The van der Waals surface area contributed by atoms with Gasteiger partial charge in [-0.2, -0.15) is 4.98 Å². The fourth-order valence-corrected chi connectivity index (χ4v) is 3.32. The monoisotopic (exact) mass is 384 g/mol. The van der Waals surface area contributed by atoms with Gasteiger partial charge < -0.3 is 24.0 Å². The van der Waals surface area contributed by atoms with Crippen LogP contribution >= 0.6 is 0 Å². The SMILES string of the molecule is CCCOc1cc(N2CCN(C(=O)c3ccc4c(c3)OCO4)CC2)nc(C)n1. The number of benzene rings is 1. The zero-order valence-corrected chi connectivity index (χ0v) is 16.2. The van der Waals surface area contributed by atoms with Gasteiger partial charge in [0, 0.05) is 37.8 Å². The average molecular weight is 384 g/mol. The van der Waals surface area contributed by atoms with Crippen molar-refractivity contribution in [1.29, 1.82) is 0 Å². The summed E-state index contributed by atoms with van der Waals surface area (Å²) in [5, 5.41) is 0. The number of hydrogen-bond donors (Lipinski definition) is 0. The first-order valence-corrected chi connectivity index (χ1v) is 9.56. The average Bonchev–Trinajstić information content (AvgIpc) is 3.19. The molecule has 2 aromatic rings. The molecule has 0 aliphatic carbocycles. The van der Waals surface area contributed by atoms with Crippen molar-refractivity contribution in [2.45, 2.75) is 20.3 Å². The zero-order chi connectivity index (χ0) is 19.5. The highest BCUT2D eigenvalue weighted by atomic mass is 16.7. The summed E-state index contributed by atoms with van der Waals surface area (Å²) in [4.78, 5) is 25.7. The topological polar surface area (TPSA) is 77.0 Å². The van der Waals surface area contributed by atoms with Crippen LogP contribution in [-0.4, -0.2) is 60.4 Å². The maximum atomic E-state index is 12.8. The Kier molecular flexibility index (Phi) is 5.18. The Labute approximate surface area is 164 Å². The summed E-state index contributed by atoms with van der Waals surface area (Å²) in [6, 6.07) is 7.20. The Balaban J connectivity index is 1.40. The van der Waals surface area contributed by atoms with Gasteiger partial charge in [0.25, 0.3) is 5.91 Å². The molecule has 0 N–H and O–H groups in total. The molecule has 0 unspecified atom stereocenters. The third-order valence-electron chi connectivity index (χ3n) is 4.77. The molecule has 1 amide bonds. The molecule has 8 heteroatoms. The molecule has 0 saturated carbocycles. The van der Waals surface area contributed by atoms with Gasteiger partial charge in [0.05, 0.1) is 6.61 Å². The van der Waals surface area contributed by atoms with Crippen LogP contribution in [0.1, 0.15) is 29.5 Å². The molecule has 8 nitrogen and oxygen atoms in total. The van der Waals surface area contributed by atoms with Crippen LogP contribution in [0.3, 0.4) is 0 Å². The first-order chi connectivity index (χ1) is 13.6. The van der Waals surface area contributed by atoms with Gasteiger partial charge in [-0.15, -0.1) is 0 Å². The normalized spacial score (nSPS) is 15.6. The van der Waals surface area contributed by atoms with Gasteiger partial charge in [0.2, 0.25) is 12.7 Å². The Bertz CT molecular complexity index is 865. The molecular formula is C20H24N4O4. The molecule has 4 rings (SSSR count). The second-order valence-corrected chi connectivity index (χ2v) is 6.81. The molecule has 2 aliphatic rings. The van der Waals surface area contributed by atoms with Crippen LogP contribution in [0.4, 0.5) is 5.82 Å². The van der Waals surface area contributed by atoms with Crippen molar-refractivity contribution >= 4 is 11.7 Å². The summed E-state index contributed by atoms with van der Waals surface area (Å²) in [7, 11) is 0. The summed E-state index contributed by atoms with van der Waals surface area (Å²) < 4.78 is 16.3. The Morgan fingerprint density at radius 1 is 1.11 bits per heavy atom. The number of nitrogens with zero attached hydrogens (tertiary/aromatic N) is 4. The van der Waals surface area contributed by atoms with E-state index in [-0.39, 0.29) is 12.7 Å². The van der Waals surface area contributed by atoms with E-state index in [4.69, 9.17) is 14.2 Å². The van der Waals surface area contributed by atoms with Crippen molar-refractivity contribution in [3.63, 3.8) is 0 Å². The second kappa shape index (κ2) is 7.92. The lowest BCUT2D eigenvalue weighted by Gasteiger charge is -2.35. The molecule has 1 fully saturated rings. The smallest absolute Gasteiger partial charge is 0.254 e. The van der Waals surface area contributed by atoms with E-state index in [2.05, 4.69) is 21.8 Å². The van der Waals surface area contributed by atoms with Crippen molar-refractivity contribution in [2.75, 3.05) is 44.5 Å². The molecule has 3 heterocycles. The van der Waals surface area contributed by atoms with Crippen LogP contribution in [0, 0.1) is 6.92 Å². The van der Waals surface area contributed by atoms with Crippen molar-refractivity contribution in [2.24, 2.45) is 0 Å². The van der Waals surface area contributed by atoms with Gasteiger partial charge >= 0.3 is 0 Å². The highest BCUT2D eigenvalue weighted by Gasteiger charge is 2.25. The number of anilines is 1. The number of ether oxygens (including phenoxy) is 3. The van der Waals surface area contributed by atoms with Crippen LogP contribution in [-0.2, 0) is 0 Å². The van der Waals surface area contributed by atoms with E-state index in [0.717, 1.165) is 12.2 Å². The van der Waals surface area contributed by atoms with Gasteiger partial charge in [-0.3, -0.25) is 4.79 Å². The standard InChI is InChI=1S/C20H24N4O4/c1-3-10-26-19-12-18(21-14(2)22-19)23-6-8-24(9-7-23)20(25)15-4-5-16-17(11-15)28-13-27-16/h4-5,11-12H,3,6-10,13H2,1-2H3. The largest absolute Gasteiger partial charge is 0.478 e. The molecule has 1 aromatic carbocycles. The van der Waals surface area contributed by atoms with Gasteiger partial charge in [-0.05, 0) is 31.5 Å². The van der Waals surface area contributed by atoms with Gasteiger partial charge in [-0.25, -0.2) is 4.98 Å². The zero-order valence-electron chi connectivity index (χ0n) is 16.2. The molecule has 0 radical (unpaired) electrons. The van der Waals surface area contributed by atoms with Crippen LogP contribution in [0.5, 0.6) is 17.4 Å². The lowest BCUT2D eigenvalue weighted by atomic mass is 10.1. The van der Waals surface area contributed by atoms with E-state index in [9.17, 15) is 4.79 Å². The quantitative estimate of drug-likeness (QED) is 0.783. The molecule has 28 heavy (non-hydrogen) atoms. The Morgan fingerprint density at radius 2 is 1.89 bits per heavy atom. The molecule has 0 spiro atoms. The van der Waals surface area contributed by atoms with Gasteiger partial charge in [0.15, 0.2) is 11.5 Å². The molecule has 0 bridgehead atoms. The minimum atomic E-state index is 0.00351. The van der Waals surface area contributed by atoms with Crippen LogP contribution < -0.4 is 19.1 Å². The molecule has 148 valence electrons. The minimum absolute atomic E-state index is 0.00351. The first kappa shape index (κ1) is 18.3. The van der Waals surface area contributed by atoms with Crippen LogP contribution in [0.15, 0.2) is 24.3 Å². The molecular weight excluding hydrogens is 360 g/mol.